The van der Waals surface area contributed by atoms with Crippen LogP contribution in [-0.4, -0.2) is 25.6 Å². The summed E-state index contributed by atoms with van der Waals surface area (Å²) >= 11 is 0. The van der Waals surface area contributed by atoms with E-state index in [2.05, 4.69) is 20.4 Å². The highest BCUT2D eigenvalue weighted by atomic mass is 19.1. The van der Waals surface area contributed by atoms with Gasteiger partial charge in [0.15, 0.2) is 0 Å². The number of aromatic nitrogens is 4. The van der Waals surface area contributed by atoms with Crippen molar-refractivity contribution < 1.29 is 13.7 Å². The maximum absolute atomic E-state index is 13.4. The molecule has 33 heavy (non-hydrogen) atoms. The lowest BCUT2D eigenvalue weighted by atomic mass is 10.1. The third-order valence-electron chi connectivity index (χ3n) is 5.02. The van der Waals surface area contributed by atoms with Gasteiger partial charge in [0.1, 0.15) is 12.4 Å². The number of rotatable bonds is 5. The van der Waals surface area contributed by atoms with Crippen molar-refractivity contribution in [3.05, 3.63) is 95.3 Å². The van der Waals surface area contributed by atoms with Crippen molar-refractivity contribution in [3.63, 3.8) is 0 Å². The molecule has 0 aliphatic carbocycles. The monoisotopic (exact) mass is 441 g/mol. The van der Waals surface area contributed by atoms with Crippen molar-refractivity contribution in [2.75, 3.05) is 5.32 Å². The zero-order valence-electron chi connectivity index (χ0n) is 17.1. The highest BCUT2D eigenvalue weighted by Crippen LogP contribution is 2.28. The molecule has 162 valence electrons. The Morgan fingerprint density at radius 1 is 1.03 bits per heavy atom. The molecule has 2 aromatic carbocycles. The molecule has 9 heteroatoms. The SMILES string of the molecule is O=C(Cn1c(=O)cc(-c2nc(-c3ccncc3)no2)c2ccccc21)Nc1cccc(F)c1. The van der Waals surface area contributed by atoms with Gasteiger partial charge in [-0.1, -0.05) is 29.4 Å². The second-order valence-corrected chi connectivity index (χ2v) is 7.22. The van der Waals surface area contributed by atoms with Crippen LogP contribution in [0, 0.1) is 5.82 Å². The van der Waals surface area contributed by atoms with E-state index in [0.717, 1.165) is 5.56 Å². The first kappa shape index (κ1) is 20.3. The van der Waals surface area contributed by atoms with Gasteiger partial charge in [0.2, 0.25) is 11.7 Å². The predicted molar refractivity (Wildman–Crippen MR) is 120 cm³/mol. The standard InChI is InChI=1S/C24H16FN5O3/c25-16-4-3-5-17(12-16)27-21(31)14-30-20-7-2-1-6-18(20)19(13-22(30)32)24-28-23(29-33-24)15-8-10-26-11-9-15/h1-13H,14H2,(H,27,31). The number of benzene rings is 2. The van der Waals surface area contributed by atoms with E-state index in [1.165, 1.54) is 28.8 Å². The lowest BCUT2D eigenvalue weighted by Crippen LogP contribution is -2.27. The highest BCUT2D eigenvalue weighted by molar-refractivity contribution is 5.95. The van der Waals surface area contributed by atoms with E-state index in [4.69, 9.17) is 4.52 Å². The van der Waals surface area contributed by atoms with Crippen LogP contribution >= 0.6 is 0 Å². The Morgan fingerprint density at radius 2 is 1.85 bits per heavy atom. The van der Waals surface area contributed by atoms with Crippen LogP contribution in [0.4, 0.5) is 10.1 Å². The summed E-state index contributed by atoms with van der Waals surface area (Å²) in [7, 11) is 0. The number of carbonyl (C=O) groups is 1. The summed E-state index contributed by atoms with van der Waals surface area (Å²) in [5.41, 5.74) is 1.61. The van der Waals surface area contributed by atoms with Gasteiger partial charge in [-0.05, 0) is 36.4 Å². The summed E-state index contributed by atoms with van der Waals surface area (Å²) in [6, 6.07) is 17.5. The number of anilines is 1. The van der Waals surface area contributed by atoms with Crippen molar-refractivity contribution in [2.24, 2.45) is 0 Å². The van der Waals surface area contributed by atoms with Gasteiger partial charge in [-0.2, -0.15) is 4.98 Å². The Morgan fingerprint density at radius 3 is 2.67 bits per heavy atom. The summed E-state index contributed by atoms with van der Waals surface area (Å²) in [5, 5.41) is 7.28. The van der Waals surface area contributed by atoms with Crippen LogP contribution in [0.25, 0.3) is 33.7 Å². The molecule has 5 rings (SSSR count). The number of pyridine rings is 2. The van der Waals surface area contributed by atoms with Crippen molar-refractivity contribution >= 4 is 22.5 Å². The average molecular weight is 441 g/mol. The molecule has 0 radical (unpaired) electrons. The molecule has 0 fully saturated rings. The molecule has 3 aromatic heterocycles. The molecule has 5 aromatic rings. The Labute approximate surface area is 186 Å². The van der Waals surface area contributed by atoms with Gasteiger partial charge in [0.05, 0.1) is 11.1 Å². The first-order valence-corrected chi connectivity index (χ1v) is 10.0. The van der Waals surface area contributed by atoms with Gasteiger partial charge in [-0.3, -0.25) is 19.1 Å². The molecule has 1 N–H and O–H groups in total. The van der Waals surface area contributed by atoms with Crippen LogP contribution in [0.1, 0.15) is 0 Å². The second-order valence-electron chi connectivity index (χ2n) is 7.22. The van der Waals surface area contributed by atoms with Gasteiger partial charge in [0.25, 0.3) is 11.4 Å². The average Bonchev–Trinajstić information content (AvgIpc) is 3.31. The van der Waals surface area contributed by atoms with Gasteiger partial charge in [-0.25, -0.2) is 4.39 Å². The summed E-state index contributed by atoms with van der Waals surface area (Å²) in [6.45, 7) is -0.248. The van der Waals surface area contributed by atoms with Crippen LogP contribution in [0.2, 0.25) is 0 Å². The number of nitrogens with one attached hydrogen (secondary N) is 1. The fourth-order valence-electron chi connectivity index (χ4n) is 3.54. The first-order valence-electron chi connectivity index (χ1n) is 10.0. The number of para-hydroxylation sites is 1. The molecule has 0 aliphatic rings. The number of hydrogen-bond donors (Lipinski definition) is 1. The molecule has 1 amide bonds. The van der Waals surface area contributed by atoms with E-state index >= 15 is 0 Å². The van der Waals surface area contributed by atoms with Gasteiger partial charge in [0, 0.05) is 35.1 Å². The zero-order chi connectivity index (χ0) is 22.8. The van der Waals surface area contributed by atoms with Crippen LogP contribution in [0.3, 0.4) is 0 Å². The van der Waals surface area contributed by atoms with Gasteiger partial charge in [-0.15, -0.1) is 0 Å². The van der Waals surface area contributed by atoms with E-state index in [9.17, 15) is 14.0 Å². The Kier molecular flexibility index (Phi) is 5.19. The molecule has 8 nitrogen and oxygen atoms in total. The summed E-state index contributed by atoms with van der Waals surface area (Å²) < 4.78 is 20.2. The molecule has 0 saturated heterocycles. The summed E-state index contributed by atoms with van der Waals surface area (Å²) in [5.74, 6) is -0.370. The zero-order valence-corrected chi connectivity index (χ0v) is 17.1. The van der Waals surface area contributed by atoms with Crippen molar-refractivity contribution in [1.82, 2.24) is 19.7 Å². The van der Waals surface area contributed by atoms with Crippen molar-refractivity contribution in [1.29, 1.82) is 0 Å². The molecule has 3 heterocycles. The number of halogens is 1. The van der Waals surface area contributed by atoms with Crippen molar-refractivity contribution in [3.8, 4) is 22.8 Å². The largest absolute Gasteiger partial charge is 0.334 e. The minimum atomic E-state index is -0.467. The van der Waals surface area contributed by atoms with E-state index < -0.39 is 17.3 Å². The van der Waals surface area contributed by atoms with E-state index in [0.29, 0.717) is 28.0 Å². The van der Waals surface area contributed by atoms with Gasteiger partial charge >= 0.3 is 0 Å². The fraction of sp³-hybridized carbons (Fsp3) is 0.0417. The van der Waals surface area contributed by atoms with E-state index in [-0.39, 0.29) is 12.4 Å². The van der Waals surface area contributed by atoms with Crippen LogP contribution in [-0.2, 0) is 11.3 Å². The lowest BCUT2D eigenvalue weighted by Gasteiger charge is -2.12. The number of carbonyl (C=O) groups excluding carboxylic acids is 1. The number of hydrogen-bond acceptors (Lipinski definition) is 6. The Balaban J connectivity index is 1.51. The van der Waals surface area contributed by atoms with E-state index in [1.807, 2.05) is 6.07 Å². The molecule has 0 bridgehead atoms. The summed E-state index contributed by atoms with van der Waals surface area (Å²) in [6.07, 6.45) is 3.24. The van der Waals surface area contributed by atoms with Crippen LogP contribution < -0.4 is 10.9 Å². The second kappa shape index (κ2) is 8.46. The van der Waals surface area contributed by atoms with Crippen molar-refractivity contribution in [2.45, 2.75) is 6.54 Å². The molecule has 0 saturated carbocycles. The number of nitrogens with zero attached hydrogens (tertiary/aromatic N) is 4. The molecule has 0 unspecified atom stereocenters. The molecular weight excluding hydrogens is 425 g/mol. The lowest BCUT2D eigenvalue weighted by molar-refractivity contribution is -0.116. The van der Waals surface area contributed by atoms with Crippen LogP contribution in [0.5, 0.6) is 0 Å². The fourth-order valence-corrected chi connectivity index (χ4v) is 3.54. The Hall–Kier alpha value is -4.66. The highest BCUT2D eigenvalue weighted by Gasteiger charge is 2.18. The van der Waals surface area contributed by atoms with Gasteiger partial charge < -0.3 is 9.84 Å². The number of fused-ring (bicyclic) bond motifs is 1. The maximum atomic E-state index is 13.4. The minimum absolute atomic E-state index is 0.187. The molecule has 0 spiro atoms. The predicted octanol–water partition coefficient (Wildman–Crippen LogP) is 3.89. The van der Waals surface area contributed by atoms with Crippen LogP contribution in [0.15, 0.2) is 88.4 Å². The third-order valence-corrected chi connectivity index (χ3v) is 5.02. The quantitative estimate of drug-likeness (QED) is 0.444. The molecule has 0 aliphatic heterocycles. The Bertz CT molecular complexity index is 1530. The smallest absolute Gasteiger partial charge is 0.259 e. The number of amides is 1. The third kappa shape index (κ3) is 4.11. The molecule has 0 atom stereocenters. The minimum Gasteiger partial charge on any atom is -0.334 e. The maximum Gasteiger partial charge on any atom is 0.259 e. The normalized spacial score (nSPS) is 10.9. The molecular formula is C24H16FN5O3. The topological polar surface area (TPSA) is 103 Å². The summed E-state index contributed by atoms with van der Waals surface area (Å²) in [4.78, 5) is 33.9. The first-order chi connectivity index (χ1) is 16.1. The van der Waals surface area contributed by atoms with E-state index in [1.54, 1.807) is 48.8 Å².